The molecule has 3 N–H and O–H groups in total. The first-order valence-electron chi connectivity index (χ1n) is 11.9. The largest absolute Gasteiger partial charge is 0.351 e. The molecule has 7 nitrogen and oxygen atoms in total. The molecule has 7 heteroatoms. The SMILES string of the molecule is NC(=O)NC1=CC=CC=CC1.[HH].[HH].c1ccc(C(c2cccnc2)C(c2cccnc2)c2cccnc2)nc1. The number of carbonyl (C=O) groups excluding carboxylic acids is 1. The number of carbonyl (C=O) groups is 1. The molecule has 4 heterocycles. The Hall–Kier alpha value is -4.91. The zero-order chi connectivity index (χ0) is 25.7. The number of allylic oxidation sites excluding steroid dienone is 5. The van der Waals surface area contributed by atoms with Crippen LogP contribution in [0.3, 0.4) is 0 Å². The van der Waals surface area contributed by atoms with Crippen LogP contribution in [0.25, 0.3) is 0 Å². The first-order chi connectivity index (χ1) is 18.2. The minimum absolute atomic E-state index is 0. The number of nitrogens with one attached hydrogen (secondary N) is 1. The highest BCUT2D eigenvalue weighted by molar-refractivity contribution is 5.73. The van der Waals surface area contributed by atoms with Crippen molar-refractivity contribution in [3.8, 4) is 0 Å². The van der Waals surface area contributed by atoms with Crippen molar-refractivity contribution in [2.75, 3.05) is 0 Å². The van der Waals surface area contributed by atoms with Crippen molar-refractivity contribution in [2.45, 2.75) is 18.3 Å². The molecule has 0 saturated heterocycles. The van der Waals surface area contributed by atoms with Gasteiger partial charge in [0.25, 0.3) is 0 Å². The number of pyridine rings is 4. The summed E-state index contributed by atoms with van der Waals surface area (Å²) in [6.45, 7) is 0. The summed E-state index contributed by atoms with van der Waals surface area (Å²) >= 11 is 0. The molecule has 1 aliphatic rings. The van der Waals surface area contributed by atoms with Crippen LogP contribution in [0.1, 0.15) is 43.5 Å². The third-order valence-electron chi connectivity index (χ3n) is 5.75. The zero-order valence-corrected chi connectivity index (χ0v) is 20.3. The standard InChI is InChI=1S/C22H18N4.C8H10N2O.2H2/c1-2-13-26-20(9-1)22(19-8-5-12-25-16-19)21(17-6-3-10-23-14-17)18-7-4-11-24-15-18;9-8(11)10-7-5-3-1-2-4-6-7;;/h1-16,21-22H;1-5H,6H2,(H3,9,10,11);2*1H. The minimum atomic E-state index is -0.514. The maximum Gasteiger partial charge on any atom is 0.316 e. The number of hydrogen-bond acceptors (Lipinski definition) is 5. The van der Waals surface area contributed by atoms with Gasteiger partial charge in [0, 0.05) is 75.9 Å². The van der Waals surface area contributed by atoms with Gasteiger partial charge < -0.3 is 11.1 Å². The topological polar surface area (TPSA) is 107 Å². The molecule has 37 heavy (non-hydrogen) atoms. The molecule has 2 amide bonds. The van der Waals surface area contributed by atoms with Crippen LogP contribution in [0.2, 0.25) is 0 Å². The van der Waals surface area contributed by atoms with Crippen molar-refractivity contribution in [2.24, 2.45) is 5.73 Å². The lowest BCUT2D eigenvalue weighted by atomic mass is 9.76. The molecule has 0 radical (unpaired) electrons. The summed E-state index contributed by atoms with van der Waals surface area (Å²) in [5.41, 5.74) is 10.1. The van der Waals surface area contributed by atoms with Gasteiger partial charge in [0.15, 0.2) is 0 Å². The number of primary amides is 1. The monoisotopic (exact) mass is 492 g/mol. The second-order valence-corrected chi connectivity index (χ2v) is 8.27. The molecule has 0 fully saturated rings. The van der Waals surface area contributed by atoms with Crippen molar-refractivity contribution in [1.29, 1.82) is 0 Å². The molecule has 0 aromatic carbocycles. The van der Waals surface area contributed by atoms with Gasteiger partial charge in [-0.2, -0.15) is 0 Å². The molecule has 1 aliphatic carbocycles. The number of hydrogen-bond donors (Lipinski definition) is 2. The quantitative estimate of drug-likeness (QED) is 0.355. The first-order valence-corrected chi connectivity index (χ1v) is 11.9. The highest BCUT2D eigenvalue weighted by Crippen LogP contribution is 2.41. The van der Waals surface area contributed by atoms with Crippen molar-refractivity contribution in [1.82, 2.24) is 25.3 Å². The Kier molecular flexibility index (Phi) is 9.02. The van der Waals surface area contributed by atoms with Gasteiger partial charge in [0.1, 0.15) is 0 Å². The Morgan fingerprint density at radius 2 is 1.38 bits per heavy atom. The summed E-state index contributed by atoms with van der Waals surface area (Å²) in [6.07, 6.45) is 23.1. The average molecular weight is 493 g/mol. The molecule has 5 rings (SSSR count). The lowest BCUT2D eigenvalue weighted by molar-refractivity contribution is 0.251. The van der Waals surface area contributed by atoms with E-state index in [1.54, 1.807) is 18.6 Å². The summed E-state index contributed by atoms with van der Waals surface area (Å²) in [6, 6.07) is 17.7. The second-order valence-electron chi connectivity index (χ2n) is 8.27. The van der Waals surface area contributed by atoms with E-state index in [1.807, 2.05) is 85.5 Å². The van der Waals surface area contributed by atoms with Gasteiger partial charge in [0.2, 0.25) is 0 Å². The Morgan fingerprint density at radius 1 is 0.757 bits per heavy atom. The lowest BCUT2D eigenvalue weighted by Crippen LogP contribution is -2.28. The van der Waals surface area contributed by atoms with Crippen LogP contribution >= 0.6 is 0 Å². The maximum atomic E-state index is 10.4. The predicted octanol–water partition coefficient (Wildman–Crippen LogP) is 5.78. The predicted molar refractivity (Wildman–Crippen MR) is 149 cm³/mol. The highest BCUT2D eigenvalue weighted by atomic mass is 16.2. The van der Waals surface area contributed by atoms with E-state index in [9.17, 15) is 4.79 Å². The molecule has 188 valence electrons. The summed E-state index contributed by atoms with van der Waals surface area (Å²) in [5.74, 6) is 0.0507. The fraction of sp³-hybridized carbons (Fsp3) is 0.100. The van der Waals surface area contributed by atoms with Gasteiger partial charge in [-0.1, -0.05) is 48.6 Å². The van der Waals surface area contributed by atoms with Gasteiger partial charge in [-0.25, -0.2) is 4.79 Å². The molecule has 0 saturated carbocycles. The van der Waals surface area contributed by atoms with Crippen LogP contribution in [0.5, 0.6) is 0 Å². The fourth-order valence-corrected chi connectivity index (χ4v) is 4.18. The third kappa shape index (κ3) is 7.29. The summed E-state index contributed by atoms with van der Waals surface area (Å²) in [5, 5.41) is 2.52. The number of nitrogens with zero attached hydrogens (tertiary/aromatic N) is 4. The Balaban J connectivity index is 0.000000350. The van der Waals surface area contributed by atoms with Crippen molar-refractivity contribution >= 4 is 6.03 Å². The normalized spacial score (nSPS) is 13.1. The van der Waals surface area contributed by atoms with E-state index in [-0.39, 0.29) is 14.7 Å². The van der Waals surface area contributed by atoms with Crippen LogP contribution in [0.15, 0.2) is 134 Å². The Morgan fingerprint density at radius 3 is 1.89 bits per heavy atom. The van der Waals surface area contributed by atoms with Gasteiger partial charge in [-0.3, -0.25) is 19.9 Å². The molecular weight excluding hydrogens is 460 g/mol. The fourth-order valence-electron chi connectivity index (χ4n) is 4.18. The number of rotatable bonds is 6. The number of nitrogens with two attached hydrogens (primary N) is 1. The average Bonchev–Trinajstić information content (AvgIpc) is 3.22. The minimum Gasteiger partial charge on any atom is -0.351 e. The molecule has 0 aliphatic heterocycles. The number of amides is 2. The molecular formula is C30H32N6O. The van der Waals surface area contributed by atoms with Crippen molar-refractivity contribution in [3.05, 3.63) is 156 Å². The molecule has 0 bridgehead atoms. The van der Waals surface area contributed by atoms with Gasteiger partial charge in [-0.15, -0.1) is 0 Å². The Labute approximate surface area is 219 Å². The molecule has 1 unspecified atom stereocenters. The van der Waals surface area contributed by atoms with Gasteiger partial charge >= 0.3 is 6.03 Å². The molecule has 0 spiro atoms. The molecule has 4 aromatic heterocycles. The number of urea groups is 1. The highest BCUT2D eigenvalue weighted by Gasteiger charge is 2.29. The van der Waals surface area contributed by atoms with Crippen molar-refractivity contribution < 1.29 is 7.65 Å². The van der Waals surface area contributed by atoms with E-state index in [2.05, 4.69) is 49.5 Å². The van der Waals surface area contributed by atoms with Crippen LogP contribution in [-0.4, -0.2) is 26.0 Å². The maximum absolute atomic E-state index is 10.4. The van der Waals surface area contributed by atoms with Crippen molar-refractivity contribution in [3.63, 3.8) is 0 Å². The third-order valence-corrected chi connectivity index (χ3v) is 5.75. The summed E-state index contributed by atoms with van der Waals surface area (Å²) in [7, 11) is 0. The van der Waals surface area contributed by atoms with E-state index in [0.717, 1.165) is 34.5 Å². The van der Waals surface area contributed by atoms with E-state index in [1.165, 1.54) is 0 Å². The van der Waals surface area contributed by atoms with E-state index in [4.69, 9.17) is 5.73 Å². The zero-order valence-electron chi connectivity index (χ0n) is 20.3. The summed E-state index contributed by atoms with van der Waals surface area (Å²) in [4.78, 5) is 28.1. The van der Waals surface area contributed by atoms with E-state index < -0.39 is 6.03 Å². The van der Waals surface area contributed by atoms with Gasteiger partial charge in [0.05, 0.1) is 0 Å². The van der Waals surface area contributed by atoms with Gasteiger partial charge in [-0.05, 0) is 53.1 Å². The second kappa shape index (κ2) is 13.3. The Bertz CT molecular complexity index is 1190. The van der Waals surface area contributed by atoms with Crippen LogP contribution in [0.4, 0.5) is 4.79 Å². The smallest absolute Gasteiger partial charge is 0.316 e. The van der Waals surface area contributed by atoms with E-state index >= 15 is 0 Å². The van der Waals surface area contributed by atoms with E-state index in [0.29, 0.717) is 0 Å². The molecule has 4 aromatic rings. The van der Waals surface area contributed by atoms with Crippen LogP contribution < -0.4 is 11.1 Å². The van der Waals surface area contributed by atoms with Crippen LogP contribution in [0, 0.1) is 0 Å². The molecule has 1 atom stereocenters. The first kappa shape index (κ1) is 25.2. The lowest BCUT2D eigenvalue weighted by Gasteiger charge is -2.27. The number of aromatic nitrogens is 4. The summed E-state index contributed by atoms with van der Waals surface area (Å²) < 4.78 is 0. The van der Waals surface area contributed by atoms with Crippen LogP contribution in [-0.2, 0) is 0 Å².